The summed E-state index contributed by atoms with van der Waals surface area (Å²) in [6.45, 7) is 4.12. The molecule has 7 heteroatoms. The monoisotopic (exact) mass is 291 g/mol. The van der Waals surface area contributed by atoms with Gasteiger partial charge in [-0.25, -0.2) is 0 Å². The Kier molecular flexibility index (Phi) is 4.11. The molecule has 0 aliphatic heterocycles. The standard InChI is InChI=1S/C14H17N3O4/c1-8(2)6-11-13(21-16-14(11)15)10-5-4-9(17(18)19)7-12(10)20-3/h4-5,7-8H,6H2,1-3H3,(H2,15,16). The molecule has 1 aromatic carbocycles. The maximum absolute atomic E-state index is 10.8. The van der Waals surface area contributed by atoms with E-state index in [1.807, 2.05) is 0 Å². The third-order valence-electron chi connectivity index (χ3n) is 3.07. The van der Waals surface area contributed by atoms with Gasteiger partial charge in [-0.05, 0) is 18.4 Å². The van der Waals surface area contributed by atoms with E-state index < -0.39 is 4.92 Å². The van der Waals surface area contributed by atoms with Crippen molar-refractivity contribution in [2.45, 2.75) is 20.3 Å². The van der Waals surface area contributed by atoms with Crippen molar-refractivity contribution in [1.82, 2.24) is 5.16 Å². The average Bonchev–Trinajstić information content (AvgIpc) is 2.78. The molecule has 0 spiro atoms. The van der Waals surface area contributed by atoms with Crippen molar-refractivity contribution in [2.24, 2.45) is 5.92 Å². The van der Waals surface area contributed by atoms with Gasteiger partial charge in [-0.3, -0.25) is 10.1 Å². The molecule has 2 aromatic rings. The number of rotatable bonds is 5. The van der Waals surface area contributed by atoms with Crippen LogP contribution in [0.4, 0.5) is 11.5 Å². The average molecular weight is 291 g/mol. The van der Waals surface area contributed by atoms with Crippen LogP contribution >= 0.6 is 0 Å². The molecule has 1 heterocycles. The smallest absolute Gasteiger partial charge is 0.273 e. The quantitative estimate of drug-likeness (QED) is 0.670. The van der Waals surface area contributed by atoms with E-state index in [1.165, 1.54) is 19.2 Å². The summed E-state index contributed by atoms with van der Waals surface area (Å²) < 4.78 is 10.5. The van der Waals surface area contributed by atoms with Crippen molar-refractivity contribution in [3.8, 4) is 17.1 Å². The number of ether oxygens (including phenoxy) is 1. The zero-order valence-corrected chi connectivity index (χ0v) is 12.1. The highest BCUT2D eigenvalue weighted by Crippen LogP contribution is 2.37. The van der Waals surface area contributed by atoms with Gasteiger partial charge in [0.1, 0.15) is 5.75 Å². The molecule has 0 amide bonds. The van der Waals surface area contributed by atoms with E-state index >= 15 is 0 Å². The number of hydrogen-bond donors (Lipinski definition) is 1. The molecule has 1 aromatic heterocycles. The highest BCUT2D eigenvalue weighted by Gasteiger charge is 2.21. The molecule has 0 atom stereocenters. The van der Waals surface area contributed by atoms with Crippen molar-refractivity contribution in [3.63, 3.8) is 0 Å². The van der Waals surface area contributed by atoms with Crippen molar-refractivity contribution in [1.29, 1.82) is 0 Å². The zero-order valence-electron chi connectivity index (χ0n) is 12.1. The van der Waals surface area contributed by atoms with Crippen LogP contribution in [0.25, 0.3) is 11.3 Å². The van der Waals surface area contributed by atoms with Crippen LogP contribution in [0.15, 0.2) is 22.7 Å². The minimum absolute atomic E-state index is 0.0477. The van der Waals surface area contributed by atoms with Crippen LogP contribution in [0.2, 0.25) is 0 Å². The summed E-state index contributed by atoms with van der Waals surface area (Å²) in [5.41, 5.74) is 7.18. The first-order valence-corrected chi connectivity index (χ1v) is 6.50. The molecule has 0 bridgehead atoms. The lowest BCUT2D eigenvalue weighted by atomic mass is 9.99. The number of nitro groups is 1. The number of nitro benzene ring substituents is 1. The molecule has 2 rings (SSSR count). The van der Waals surface area contributed by atoms with Gasteiger partial charge in [0.05, 0.1) is 23.7 Å². The molecule has 2 N–H and O–H groups in total. The second-order valence-corrected chi connectivity index (χ2v) is 5.12. The normalized spacial score (nSPS) is 10.9. The number of methoxy groups -OCH3 is 1. The molecule has 7 nitrogen and oxygen atoms in total. The van der Waals surface area contributed by atoms with E-state index in [0.717, 1.165) is 5.56 Å². The van der Waals surface area contributed by atoms with Crippen LogP contribution < -0.4 is 10.5 Å². The van der Waals surface area contributed by atoms with E-state index in [0.29, 0.717) is 35.2 Å². The third-order valence-corrected chi connectivity index (χ3v) is 3.07. The Morgan fingerprint density at radius 3 is 2.76 bits per heavy atom. The molecule has 21 heavy (non-hydrogen) atoms. The number of anilines is 1. The second kappa shape index (κ2) is 5.82. The van der Waals surface area contributed by atoms with Gasteiger partial charge in [0.25, 0.3) is 5.69 Å². The molecule has 0 unspecified atom stereocenters. The molecule has 0 aliphatic carbocycles. The zero-order chi connectivity index (χ0) is 15.6. The van der Waals surface area contributed by atoms with E-state index in [1.54, 1.807) is 6.07 Å². The maximum Gasteiger partial charge on any atom is 0.273 e. The Bertz CT molecular complexity index is 664. The minimum atomic E-state index is -0.476. The van der Waals surface area contributed by atoms with Crippen molar-refractivity contribution >= 4 is 11.5 Å². The Morgan fingerprint density at radius 2 is 2.19 bits per heavy atom. The van der Waals surface area contributed by atoms with E-state index in [2.05, 4.69) is 19.0 Å². The molecule has 0 fully saturated rings. The van der Waals surface area contributed by atoms with Crippen LogP contribution in [0.1, 0.15) is 19.4 Å². The van der Waals surface area contributed by atoms with Crippen LogP contribution in [-0.4, -0.2) is 17.2 Å². The lowest BCUT2D eigenvalue weighted by molar-refractivity contribution is -0.384. The first-order chi connectivity index (χ1) is 9.93. The van der Waals surface area contributed by atoms with Crippen molar-refractivity contribution < 1.29 is 14.2 Å². The van der Waals surface area contributed by atoms with Crippen LogP contribution in [-0.2, 0) is 6.42 Å². The summed E-state index contributed by atoms with van der Waals surface area (Å²) in [5, 5.41) is 14.6. The fourth-order valence-electron chi connectivity index (χ4n) is 2.12. The highest BCUT2D eigenvalue weighted by atomic mass is 16.6. The predicted octanol–water partition coefficient (Wildman–Crippen LogP) is 3.04. The summed E-state index contributed by atoms with van der Waals surface area (Å²) in [5.74, 6) is 1.55. The number of non-ortho nitro benzene ring substituents is 1. The molecular formula is C14H17N3O4. The van der Waals surface area contributed by atoms with Crippen molar-refractivity contribution in [2.75, 3.05) is 12.8 Å². The number of hydrogen-bond acceptors (Lipinski definition) is 6. The first-order valence-electron chi connectivity index (χ1n) is 6.50. The minimum Gasteiger partial charge on any atom is -0.496 e. The van der Waals surface area contributed by atoms with E-state index in [9.17, 15) is 10.1 Å². The fraction of sp³-hybridized carbons (Fsp3) is 0.357. The van der Waals surface area contributed by atoms with E-state index in [4.69, 9.17) is 15.0 Å². The topological polar surface area (TPSA) is 104 Å². The summed E-state index contributed by atoms with van der Waals surface area (Å²) in [7, 11) is 1.45. The van der Waals surface area contributed by atoms with Crippen LogP contribution in [0, 0.1) is 16.0 Å². The van der Waals surface area contributed by atoms with Gasteiger partial charge < -0.3 is 15.0 Å². The summed E-state index contributed by atoms with van der Waals surface area (Å²) in [6.07, 6.45) is 0.699. The van der Waals surface area contributed by atoms with Gasteiger partial charge in [-0.1, -0.05) is 19.0 Å². The Hall–Kier alpha value is -2.57. The largest absolute Gasteiger partial charge is 0.496 e. The third kappa shape index (κ3) is 2.96. The molecule has 0 aliphatic rings. The molecule has 112 valence electrons. The molecule has 0 saturated heterocycles. The van der Waals surface area contributed by atoms with Crippen molar-refractivity contribution in [3.05, 3.63) is 33.9 Å². The van der Waals surface area contributed by atoms with Gasteiger partial charge in [0, 0.05) is 11.6 Å². The highest BCUT2D eigenvalue weighted by molar-refractivity contribution is 5.73. The lowest BCUT2D eigenvalue weighted by Gasteiger charge is -2.09. The summed E-state index contributed by atoms with van der Waals surface area (Å²) in [6, 6.07) is 4.34. The number of nitrogens with two attached hydrogens (primary N) is 1. The van der Waals surface area contributed by atoms with Crippen LogP contribution in [0.3, 0.4) is 0 Å². The Labute approximate surface area is 121 Å². The van der Waals surface area contributed by atoms with Gasteiger partial charge in [-0.2, -0.15) is 0 Å². The SMILES string of the molecule is COc1cc([N+](=O)[O-])ccc1-c1onc(N)c1CC(C)C. The van der Waals surface area contributed by atoms with Gasteiger partial charge >= 0.3 is 0 Å². The van der Waals surface area contributed by atoms with E-state index in [-0.39, 0.29) is 5.69 Å². The Balaban J connectivity index is 2.54. The fourth-order valence-corrected chi connectivity index (χ4v) is 2.12. The summed E-state index contributed by atoms with van der Waals surface area (Å²) in [4.78, 5) is 10.4. The predicted molar refractivity (Wildman–Crippen MR) is 78.1 cm³/mol. The molecule has 0 saturated carbocycles. The van der Waals surface area contributed by atoms with Gasteiger partial charge in [0.2, 0.25) is 0 Å². The summed E-state index contributed by atoms with van der Waals surface area (Å²) >= 11 is 0. The maximum atomic E-state index is 10.8. The Morgan fingerprint density at radius 1 is 1.48 bits per heavy atom. The van der Waals surface area contributed by atoms with Crippen LogP contribution in [0.5, 0.6) is 5.75 Å². The molecule has 0 radical (unpaired) electrons. The number of benzene rings is 1. The first kappa shape index (κ1) is 14.8. The van der Waals surface area contributed by atoms with Gasteiger partial charge in [-0.15, -0.1) is 0 Å². The lowest BCUT2D eigenvalue weighted by Crippen LogP contribution is -2.00. The van der Waals surface area contributed by atoms with Gasteiger partial charge in [0.15, 0.2) is 11.6 Å². The number of nitrogen functional groups attached to an aromatic ring is 1. The second-order valence-electron chi connectivity index (χ2n) is 5.12. The number of aromatic nitrogens is 1. The molecular weight excluding hydrogens is 274 g/mol. The number of nitrogens with zero attached hydrogens (tertiary/aromatic N) is 2.